The van der Waals surface area contributed by atoms with Crippen molar-refractivity contribution in [1.29, 1.82) is 0 Å². The first-order chi connectivity index (χ1) is 11.3. The van der Waals surface area contributed by atoms with Gasteiger partial charge in [-0.15, -0.1) is 5.10 Å². The summed E-state index contributed by atoms with van der Waals surface area (Å²) < 4.78 is 1.79. The van der Waals surface area contributed by atoms with Gasteiger partial charge in [-0.1, -0.05) is 17.3 Å². The number of aromatic nitrogens is 3. The molecule has 122 valence electrons. The van der Waals surface area contributed by atoms with E-state index < -0.39 is 0 Å². The van der Waals surface area contributed by atoms with E-state index in [4.69, 9.17) is 5.11 Å². The molecule has 1 amide bonds. The minimum atomic E-state index is -0.264. The van der Waals surface area contributed by atoms with Crippen LogP contribution < -0.4 is 10.6 Å². The molecule has 3 rings (SSSR count). The van der Waals surface area contributed by atoms with Crippen LogP contribution in [0.4, 0.5) is 5.69 Å². The molecule has 1 aromatic heterocycles. The molecule has 1 aliphatic rings. The molecule has 1 fully saturated rings. The smallest absolute Gasteiger partial charge is 0.277 e. The quantitative estimate of drug-likeness (QED) is 0.765. The SMILES string of the molecule is O=C(Nc1ccc(CCO)cc1)c1cn(C2CCNCC2)nn1. The Bertz CT molecular complexity index is 647. The second-order valence-corrected chi connectivity index (χ2v) is 5.69. The van der Waals surface area contributed by atoms with Crippen LogP contribution in [0.15, 0.2) is 30.5 Å². The van der Waals surface area contributed by atoms with Crippen LogP contribution in [0, 0.1) is 0 Å². The zero-order valence-corrected chi connectivity index (χ0v) is 12.9. The Morgan fingerprint density at radius 2 is 2.04 bits per heavy atom. The number of hydrogen-bond acceptors (Lipinski definition) is 5. The highest BCUT2D eigenvalue weighted by Crippen LogP contribution is 2.17. The van der Waals surface area contributed by atoms with Crippen molar-refractivity contribution in [1.82, 2.24) is 20.3 Å². The van der Waals surface area contributed by atoms with E-state index in [-0.39, 0.29) is 12.5 Å². The van der Waals surface area contributed by atoms with Gasteiger partial charge in [-0.3, -0.25) is 4.79 Å². The molecule has 0 unspecified atom stereocenters. The van der Waals surface area contributed by atoms with Crippen molar-refractivity contribution in [2.24, 2.45) is 0 Å². The Balaban J connectivity index is 1.62. The van der Waals surface area contributed by atoms with Gasteiger partial charge in [0.25, 0.3) is 5.91 Å². The first-order valence-corrected chi connectivity index (χ1v) is 7.90. The number of carbonyl (C=O) groups is 1. The number of benzene rings is 1. The Morgan fingerprint density at radius 3 is 2.74 bits per heavy atom. The Morgan fingerprint density at radius 1 is 1.30 bits per heavy atom. The lowest BCUT2D eigenvalue weighted by molar-refractivity contribution is 0.102. The Kier molecular flexibility index (Phi) is 4.99. The molecule has 0 spiro atoms. The summed E-state index contributed by atoms with van der Waals surface area (Å²) in [5.74, 6) is -0.264. The highest BCUT2D eigenvalue weighted by Gasteiger charge is 2.18. The van der Waals surface area contributed by atoms with Crippen LogP contribution >= 0.6 is 0 Å². The summed E-state index contributed by atoms with van der Waals surface area (Å²) in [7, 11) is 0. The summed E-state index contributed by atoms with van der Waals surface area (Å²) in [5, 5.41) is 23.1. The van der Waals surface area contributed by atoms with Gasteiger partial charge in [0.1, 0.15) is 0 Å². The molecule has 7 nitrogen and oxygen atoms in total. The van der Waals surface area contributed by atoms with Crippen molar-refractivity contribution >= 4 is 11.6 Å². The number of nitrogens with zero attached hydrogens (tertiary/aromatic N) is 3. The molecular formula is C16H21N5O2. The normalized spacial score (nSPS) is 15.5. The number of anilines is 1. The number of nitrogens with one attached hydrogen (secondary N) is 2. The van der Waals surface area contributed by atoms with Gasteiger partial charge in [0.15, 0.2) is 5.69 Å². The second kappa shape index (κ2) is 7.34. The summed E-state index contributed by atoms with van der Waals surface area (Å²) >= 11 is 0. The van der Waals surface area contributed by atoms with Crippen molar-refractivity contribution in [3.05, 3.63) is 41.7 Å². The molecule has 1 saturated heterocycles. The van der Waals surface area contributed by atoms with Gasteiger partial charge in [0, 0.05) is 12.3 Å². The van der Waals surface area contributed by atoms with Gasteiger partial charge in [-0.25, -0.2) is 4.68 Å². The van der Waals surface area contributed by atoms with E-state index in [1.165, 1.54) is 0 Å². The molecule has 1 aromatic carbocycles. The molecule has 0 saturated carbocycles. The van der Waals surface area contributed by atoms with Gasteiger partial charge in [-0.05, 0) is 50.0 Å². The van der Waals surface area contributed by atoms with Gasteiger partial charge in [0.05, 0.1) is 12.2 Å². The lowest BCUT2D eigenvalue weighted by atomic mass is 10.1. The second-order valence-electron chi connectivity index (χ2n) is 5.69. The fraction of sp³-hybridized carbons (Fsp3) is 0.438. The van der Waals surface area contributed by atoms with E-state index in [1.54, 1.807) is 10.9 Å². The molecule has 2 heterocycles. The summed E-state index contributed by atoms with van der Waals surface area (Å²) in [5.41, 5.74) is 2.05. The third kappa shape index (κ3) is 3.94. The van der Waals surface area contributed by atoms with E-state index in [0.29, 0.717) is 23.8 Å². The number of aliphatic hydroxyl groups is 1. The fourth-order valence-electron chi connectivity index (χ4n) is 2.71. The summed E-state index contributed by atoms with van der Waals surface area (Å²) in [6.45, 7) is 2.05. The summed E-state index contributed by atoms with van der Waals surface area (Å²) in [6.07, 6.45) is 4.32. The van der Waals surface area contributed by atoms with Crippen molar-refractivity contribution in [2.75, 3.05) is 25.0 Å². The highest BCUT2D eigenvalue weighted by atomic mass is 16.3. The van der Waals surface area contributed by atoms with Crippen molar-refractivity contribution < 1.29 is 9.90 Å². The number of amides is 1. The average Bonchev–Trinajstić information content (AvgIpc) is 3.08. The van der Waals surface area contributed by atoms with Crippen molar-refractivity contribution in [2.45, 2.75) is 25.3 Å². The van der Waals surface area contributed by atoms with Gasteiger partial charge < -0.3 is 15.7 Å². The fourth-order valence-corrected chi connectivity index (χ4v) is 2.71. The summed E-state index contributed by atoms with van der Waals surface area (Å²) in [6, 6.07) is 7.72. The van der Waals surface area contributed by atoms with E-state index in [2.05, 4.69) is 20.9 Å². The first kappa shape index (κ1) is 15.6. The molecular weight excluding hydrogens is 294 g/mol. The third-order valence-electron chi connectivity index (χ3n) is 4.04. The minimum Gasteiger partial charge on any atom is -0.396 e. The van der Waals surface area contributed by atoms with Gasteiger partial charge in [0.2, 0.25) is 0 Å². The maximum absolute atomic E-state index is 12.2. The van der Waals surface area contributed by atoms with Crippen LogP contribution in [0.3, 0.4) is 0 Å². The van der Waals surface area contributed by atoms with Crippen LogP contribution in [0.1, 0.15) is 34.9 Å². The Hall–Kier alpha value is -2.25. The van der Waals surface area contributed by atoms with E-state index in [1.807, 2.05) is 24.3 Å². The average molecular weight is 315 g/mol. The number of hydrogen-bond donors (Lipinski definition) is 3. The third-order valence-corrected chi connectivity index (χ3v) is 4.04. The molecule has 0 atom stereocenters. The largest absolute Gasteiger partial charge is 0.396 e. The maximum Gasteiger partial charge on any atom is 0.277 e. The molecule has 0 aliphatic carbocycles. The van der Waals surface area contributed by atoms with Crippen molar-refractivity contribution in [3.63, 3.8) is 0 Å². The van der Waals surface area contributed by atoms with E-state index in [0.717, 1.165) is 31.5 Å². The topological polar surface area (TPSA) is 92.1 Å². The first-order valence-electron chi connectivity index (χ1n) is 7.90. The molecule has 3 N–H and O–H groups in total. The minimum absolute atomic E-state index is 0.117. The number of aliphatic hydroxyl groups excluding tert-OH is 1. The molecule has 0 radical (unpaired) electrons. The molecule has 23 heavy (non-hydrogen) atoms. The lowest BCUT2D eigenvalue weighted by Gasteiger charge is -2.22. The van der Waals surface area contributed by atoms with Crippen LogP contribution in [-0.2, 0) is 6.42 Å². The van der Waals surface area contributed by atoms with Crippen LogP contribution in [-0.4, -0.2) is 45.7 Å². The van der Waals surface area contributed by atoms with Gasteiger partial charge in [-0.2, -0.15) is 0 Å². The zero-order chi connectivity index (χ0) is 16.1. The van der Waals surface area contributed by atoms with Crippen molar-refractivity contribution in [3.8, 4) is 0 Å². The van der Waals surface area contributed by atoms with Crippen LogP contribution in [0.5, 0.6) is 0 Å². The Labute approximate surface area is 134 Å². The molecule has 0 bridgehead atoms. The number of piperidine rings is 1. The summed E-state index contributed by atoms with van der Waals surface area (Å²) in [4.78, 5) is 12.2. The number of rotatable bonds is 5. The molecule has 1 aliphatic heterocycles. The molecule has 7 heteroatoms. The van der Waals surface area contributed by atoms with E-state index in [9.17, 15) is 4.79 Å². The number of carbonyl (C=O) groups excluding carboxylic acids is 1. The van der Waals surface area contributed by atoms with Crippen LogP contribution in [0.2, 0.25) is 0 Å². The predicted octanol–water partition coefficient (Wildman–Crippen LogP) is 0.990. The highest BCUT2D eigenvalue weighted by molar-refractivity contribution is 6.02. The monoisotopic (exact) mass is 315 g/mol. The van der Waals surface area contributed by atoms with E-state index >= 15 is 0 Å². The zero-order valence-electron chi connectivity index (χ0n) is 12.9. The standard InChI is InChI=1S/C16H21N5O2/c22-10-7-12-1-3-13(4-2-12)18-16(23)15-11-21(20-19-15)14-5-8-17-9-6-14/h1-4,11,14,17,22H,5-10H2,(H,18,23). The maximum atomic E-state index is 12.2. The molecule has 2 aromatic rings. The predicted molar refractivity (Wildman–Crippen MR) is 86.3 cm³/mol. The lowest BCUT2D eigenvalue weighted by Crippen LogP contribution is -2.29. The van der Waals surface area contributed by atoms with Gasteiger partial charge >= 0.3 is 0 Å². The van der Waals surface area contributed by atoms with Crippen LogP contribution in [0.25, 0.3) is 0 Å².